The highest BCUT2D eigenvalue weighted by atomic mass is 35.5. The second kappa shape index (κ2) is 7.14. The zero-order valence-electron chi connectivity index (χ0n) is 15.0. The monoisotopic (exact) mass is 388 g/mol. The van der Waals surface area contributed by atoms with Crippen LogP contribution >= 0.6 is 22.9 Å². The minimum Gasteiger partial charge on any atom is -0.334 e. The zero-order chi connectivity index (χ0) is 18.3. The molecule has 1 aliphatic carbocycles. The number of nitrogens with two attached hydrogens (primary N) is 1. The number of quaternary nitrogens is 1. The van der Waals surface area contributed by atoms with Crippen LogP contribution in [0.1, 0.15) is 48.1 Å². The van der Waals surface area contributed by atoms with Crippen LogP contribution in [0.5, 0.6) is 0 Å². The number of aromatic nitrogens is 2. The molecule has 2 atom stereocenters. The van der Waals surface area contributed by atoms with E-state index in [9.17, 15) is 4.79 Å². The molecule has 0 fully saturated rings. The fourth-order valence-electron chi connectivity index (χ4n) is 3.66. The largest absolute Gasteiger partial charge is 0.334 e. The number of hydrogen-bond donors (Lipinski definition) is 2. The number of hydrogen-bond acceptors (Lipinski definition) is 3. The van der Waals surface area contributed by atoms with Gasteiger partial charge in [-0.1, -0.05) is 36.7 Å². The lowest BCUT2D eigenvalue weighted by atomic mass is 9.89. The average Bonchev–Trinajstić information content (AvgIpc) is 2.98. The Hall–Kier alpha value is -1.69. The van der Waals surface area contributed by atoms with Crippen molar-refractivity contribution >= 4 is 33.2 Å². The van der Waals surface area contributed by atoms with Gasteiger partial charge in [-0.05, 0) is 43.7 Å². The molecule has 1 aromatic carbocycles. The summed E-state index contributed by atoms with van der Waals surface area (Å²) in [6.45, 7) is 5.10. The maximum absolute atomic E-state index is 12.7. The minimum absolute atomic E-state index is 0.00930. The van der Waals surface area contributed by atoms with E-state index in [1.54, 1.807) is 11.3 Å². The van der Waals surface area contributed by atoms with E-state index in [0.29, 0.717) is 5.92 Å². The number of benzene rings is 1. The number of aromatic amines is 1. The molecule has 0 spiro atoms. The standard InChI is InChI=1S/C20H22ClN3OS/c1-11-7-8-14-16(9-11)26-20-17(14)19(25)23-18(24-20)12(2)22-10-13-5-3-4-6-15(13)21/h3-6,11-12,22H,7-10H2,1-2H3,(H,23,24,25)/p+1/t11-,12+/m1/s1. The van der Waals surface area contributed by atoms with Crippen LogP contribution in [-0.4, -0.2) is 9.97 Å². The molecular formula is C20H23ClN3OS+. The van der Waals surface area contributed by atoms with Crippen molar-refractivity contribution in [3.05, 3.63) is 61.5 Å². The quantitative estimate of drug-likeness (QED) is 0.717. The Bertz CT molecular complexity index is 1010. The van der Waals surface area contributed by atoms with Crippen molar-refractivity contribution in [2.45, 2.75) is 45.7 Å². The third-order valence-electron chi connectivity index (χ3n) is 5.26. The Labute approximate surface area is 161 Å². The summed E-state index contributed by atoms with van der Waals surface area (Å²) in [5.41, 5.74) is 2.33. The van der Waals surface area contributed by atoms with Crippen molar-refractivity contribution in [1.82, 2.24) is 9.97 Å². The summed E-state index contributed by atoms with van der Waals surface area (Å²) in [6, 6.07) is 7.91. The lowest BCUT2D eigenvalue weighted by Crippen LogP contribution is -2.83. The van der Waals surface area contributed by atoms with Gasteiger partial charge < -0.3 is 10.3 Å². The Morgan fingerprint density at radius 1 is 1.42 bits per heavy atom. The lowest BCUT2D eigenvalue weighted by molar-refractivity contribution is -0.709. The van der Waals surface area contributed by atoms with Crippen molar-refractivity contribution in [1.29, 1.82) is 0 Å². The van der Waals surface area contributed by atoms with Crippen LogP contribution in [0, 0.1) is 5.92 Å². The molecule has 0 unspecified atom stereocenters. The van der Waals surface area contributed by atoms with Gasteiger partial charge in [0.2, 0.25) is 0 Å². The van der Waals surface area contributed by atoms with Gasteiger partial charge in [-0.15, -0.1) is 11.3 Å². The van der Waals surface area contributed by atoms with Gasteiger partial charge in [0.1, 0.15) is 17.4 Å². The molecule has 0 amide bonds. The van der Waals surface area contributed by atoms with Crippen LogP contribution in [-0.2, 0) is 19.4 Å². The van der Waals surface area contributed by atoms with E-state index in [2.05, 4.69) is 24.1 Å². The number of H-pyrrole nitrogens is 1. The molecule has 4 rings (SSSR count). The summed E-state index contributed by atoms with van der Waals surface area (Å²) in [7, 11) is 0. The van der Waals surface area contributed by atoms with Gasteiger partial charge in [-0.25, -0.2) is 4.98 Å². The molecule has 0 aliphatic heterocycles. The molecule has 6 heteroatoms. The van der Waals surface area contributed by atoms with Crippen LogP contribution < -0.4 is 10.9 Å². The third-order valence-corrected chi connectivity index (χ3v) is 6.78. The summed E-state index contributed by atoms with van der Waals surface area (Å²) >= 11 is 7.94. The molecule has 0 saturated carbocycles. The Morgan fingerprint density at radius 3 is 3.04 bits per heavy atom. The molecule has 2 heterocycles. The minimum atomic E-state index is 0.00930. The molecular weight excluding hydrogens is 366 g/mol. The highest BCUT2D eigenvalue weighted by Gasteiger charge is 2.24. The van der Waals surface area contributed by atoms with Gasteiger partial charge >= 0.3 is 0 Å². The van der Waals surface area contributed by atoms with Crippen molar-refractivity contribution in [2.75, 3.05) is 0 Å². The maximum atomic E-state index is 12.7. The van der Waals surface area contributed by atoms with Gasteiger partial charge in [0.05, 0.1) is 5.39 Å². The third kappa shape index (κ3) is 3.31. The average molecular weight is 389 g/mol. The highest BCUT2D eigenvalue weighted by molar-refractivity contribution is 7.18. The van der Waals surface area contributed by atoms with E-state index in [4.69, 9.17) is 16.6 Å². The second-order valence-corrected chi connectivity index (χ2v) is 8.79. The lowest BCUT2D eigenvalue weighted by Gasteiger charge is -2.17. The number of aryl methyl sites for hydroxylation is 1. The molecule has 0 bridgehead atoms. The molecule has 3 aromatic rings. The summed E-state index contributed by atoms with van der Waals surface area (Å²) in [5, 5.41) is 3.74. The fourth-order valence-corrected chi connectivity index (χ4v) is 5.26. The topological polar surface area (TPSA) is 62.4 Å². The van der Waals surface area contributed by atoms with Crippen molar-refractivity contribution in [3.8, 4) is 0 Å². The van der Waals surface area contributed by atoms with Crippen LogP contribution in [0.25, 0.3) is 10.2 Å². The van der Waals surface area contributed by atoms with Crippen LogP contribution in [0.2, 0.25) is 5.02 Å². The summed E-state index contributed by atoms with van der Waals surface area (Å²) in [5.74, 6) is 1.43. The second-order valence-electron chi connectivity index (χ2n) is 7.30. The molecule has 3 N–H and O–H groups in total. The summed E-state index contributed by atoms with van der Waals surface area (Å²) in [6.07, 6.45) is 3.22. The Balaban J connectivity index is 1.61. The van der Waals surface area contributed by atoms with E-state index in [1.165, 1.54) is 10.4 Å². The van der Waals surface area contributed by atoms with Crippen LogP contribution in [0.4, 0.5) is 0 Å². The van der Waals surface area contributed by atoms with Gasteiger partial charge in [-0.3, -0.25) is 4.79 Å². The van der Waals surface area contributed by atoms with Gasteiger partial charge in [0.25, 0.3) is 5.56 Å². The molecule has 26 heavy (non-hydrogen) atoms. The van der Waals surface area contributed by atoms with Crippen LogP contribution in [0.3, 0.4) is 0 Å². The normalized spacial score (nSPS) is 18.0. The maximum Gasteiger partial charge on any atom is 0.260 e. The number of fused-ring (bicyclic) bond motifs is 3. The fraction of sp³-hybridized carbons (Fsp3) is 0.400. The SMILES string of the molecule is C[C@@H]1CCc2c(sc3nc([C@H](C)[NH2+]Cc4ccccc4Cl)[nH]c(=O)c23)C1. The molecule has 0 radical (unpaired) electrons. The highest BCUT2D eigenvalue weighted by Crippen LogP contribution is 2.35. The van der Waals surface area contributed by atoms with Crippen LogP contribution in [0.15, 0.2) is 29.1 Å². The van der Waals surface area contributed by atoms with Crippen molar-refractivity contribution < 1.29 is 5.32 Å². The van der Waals surface area contributed by atoms with E-state index in [-0.39, 0.29) is 11.6 Å². The molecule has 136 valence electrons. The van der Waals surface area contributed by atoms with Gasteiger partial charge in [-0.2, -0.15) is 0 Å². The Kier molecular flexibility index (Phi) is 4.86. The summed E-state index contributed by atoms with van der Waals surface area (Å²) < 4.78 is 0. The number of thiophene rings is 1. The Morgan fingerprint density at radius 2 is 2.23 bits per heavy atom. The molecule has 1 aliphatic rings. The molecule has 0 saturated heterocycles. The first-order valence-corrected chi connectivity index (χ1v) is 10.3. The van der Waals surface area contributed by atoms with E-state index in [1.807, 2.05) is 24.3 Å². The van der Waals surface area contributed by atoms with E-state index in [0.717, 1.165) is 52.4 Å². The number of halogens is 1. The molecule has 4 nitrogen and oxygen atoms in total. The first kappa shape index (κ1) is 17.7. The first-order chi connectivity index (χ1) is 12.5. The molecule has 2 aromatic heterocycles. The zero-order valence-corrected chi connectivity index (χ0v) is 16.6. The smallest absolute Gasteiger partial charge is 0.260 e. The number of nitrogens with one attached hydrogen (secondary N) is 1. The number of nitrogens with zero attached hydrogens (tertiary/aromatic N) is 1. The van der Waals surface area contributed by atoms with Gasteiger partial charge in [0.15, 0.2) is 5.82 Å². The van der Waals surface area contributed by atoms with E-state index >= 15 is 0 Å². The first-order valence-electron chi connectivity index (χ1n) is 9.14. The predicted octanol–water partition coefficient (Wildman–Crippen LogP) is 3.59. The van der Waals surface area contributed by atoms with Crippen molar-refractivity contribution in [2.24, 2.45) is 5.92 Å². The number of rotatable bonds is 4. The van der Waals surface area contributed by atoms with Gasteiger partial charge in [0, 0.05) is 15.5 Å². The predicted molar refractivity (Wildman–Crippen MR) is 107 cm³/mol. The van der Waals surface area contributed by atoms with E-state index < -0.39 is 0 Å². The summed E-state index contributed by atoms with van der Waals surface area (Å²) in [4.78, 5) is 22.8. The van der Waals surface area contributed by atoms with Crippen molar-refractivity contribution in [3.63, 3.8) is 0 Å².